The van der Waals surface area contributed by atoms with Crippen molar-refractivity contribution in [2.75, 3.05) is 20.2 Å². The van der Waals surface area contributed by atoms with Gasteiger partial charge in [0.15, 0.2) is 0 Å². The van der Waals surface area contributed by atoms with Crippen LogP contribution in [0.3, 0.4) is 0 Å². The molecule has 1 aromatic heterocycles. The molecule has 27 heavy (non-hydrogen) atoms. The van der Waals surface area contributed by atoms with Gasteiger partial charge in [-0.05, 0) is 49.1 Å². The standard InChI is InChI=1S/C21H26N2O3.ClH/c1-26-21(25)19-15-10-17-20-14(13-4-2-3-5-16(13)22-20)8-9-23(17)11-12(15)6-7-18(19)24;/h2-5,12,15,17-19,22,24H,6-11H2,1H3;1H/p-1/t12-,15?,17-,18-,19+;/m0./s1. The lowest BCUT2D eigenvalue weighted by Crippen LogP contribution is -3.00. The Morgan fingerprint density at radius 2 is 2.11 bits per heavy atom. The van der Waals surface area contributed by atoms with E-state index in [1.165, 1.54) is 29.3 Å². The highest BCUT2D eigenvalue weighted by Gasteiger charge is 2.49. The van der Waals surface area contributed by atoms with Gasteiger partial charge in [0, 0.05) is 29.7 Å². The monoisotopic (exact) mass is 389 g/mol. The SMILES string of the molecule is COC(=O)[C@@H]1C2C[C@H]3c4[nH]c5ccccc5c4CCN3C[C@@H]2CC[C@@H]1O.[Cl-]. The summed E-state index contributed by atoms with van der Waals surface area (Å²) >= 11 is 0. The molecule has 5 nitrogen and oxygen atoms in total. The first-order valence-electron chi connectivity index (χ1n) is 9.76. The summed E-state index contributed by atoms with van der Waals surface area (Å²) in [5.74, 6) is 0.0541. The highest BCUT2D eigenvalue weighted by molar-refractivity contribution is 5.85. The number of benzene rings is 1. The summed E-state index contributed by atoms with van der Waals surface area (Å²) in [6.07, 6.45) is 3.14. The number of esters is 1. The van der Waals surface area contributed by atoms with Crippen LogP contribution >= 0.6 is 0 Å². The normalized spacial score (nSPS) is 32.7. The number of H-pyrrole nitrogens is 1. The van der Waals surface area contributed by atoms with Crippen LogP contribution < -0.4 is 12.4 Å². The predicted octanol–water partition coefficient (Wildman–Crippen LogP) is -0.349. The Kier molecular flexibility index (Phi) is 4.95. The maximum absolute atomic E-state index is 12.4. The third-order valence-electron chi connectivity index (χ3n) is 7.02. The van der Waals surface area contributed by atoms with E-state index in [1.54, 1.807) is 0 Å². The lowest BCUT2D eigenvalue weighted by Gasteiger charge is -2.50. The number of aromatic amines is 1. The Morgan fingerprint density at radius 3 is 2.93 bits per heavy atom. The molecule has 2 fully saturated rings. The molecule has 2 aromatic rings. The second-order valence-corrected chi connectivity index (χ2v) is 8.18. The number of ether oxygens (including phenoxy) is 1. The Balaban J connectivity index is 0.00000180. The quantitative estimate of drug-likeness (QED) is 0.654. The molecule has 3 heterocycles. The second kappa shape index (κ2) is 7.12. The van der Waals surface area contributed by atoms with Crippen molar-refractivity contribution in [3.05, 3.63) is 35.5 Å². The average molecular weight is 390 g/mol. The fourth-order valence-corrected chi connectivity index (χ4v) is 5.80. The molecule has 1 aromatic carbocycles. The van der Waals surface area contributed by atoms with Crippen molar-refractivity contribution in [2.45, 2.75) is 37.8 Å². The van der Waals surface area contributed by atoms with E-state index in [-0.39, 0.29) is 30.2 Å². The van der Waals surface area contributed by atoms with Crippen molar-refractivity contribution < 1.29 is 27.0 Å². The Labute approximate surface area is 165 Å². The van der Waals surface area contributed by atoms with Crippen molar-refractivity contribution >= 4 is 16.9 Å². The summed E-state index contributed by atoms with van der Waals surface area (Å²) in [7, 11) is 1.43. The summed E-state index contributed by atoms with van der Waals surface area (Å²) in [4.78, 5) is 18.6. The molecule has 0 bridgehead atoms. The Bertz CT molecular complexity index is 851. The largest absolute Gasteiger partial charge is 1.00 e. The number of aromatic nitrogens is 1. The van der Waals surface area contributed by atoms with Gasteiger partial charge in [0.1, 0.15) is 0 Å². The number of piperidine rings is 1. The van der Waals surface area contributed by atoms with E-state index in [4.69, 9.17) is 4.74 Å². The van der Waals surface area contributed by atoms with Gasteiger partial charge in [0.2, 0.25) is 0 Å². The molecule has 5 atom stereocenters. The molecule has 146 valence electrons. The van der Waals surface area contributed by atoms with Crippen LogP contribution in [0.25, 0.3) is 10.9 Å². The molecule has 2 N–H and O–H groups in total. The van der Waals surface area contributed by atoms with E-state index in [0.29, 0.717) is 18.4 Å². The molecular formula is C21H26ClN2O3-. The van der Waals surface area contributed by atoms with Gasteiger partial charge >= 0.3 is 5.97 Å². The van der Waals surface area contributed by atoms with E-state index in [9.17, 15) is 9.90 Å². The van der Waals surface area contributed by atoms with Gasteiger partial charge in [0.25, 0.3) is 0 Å². The molecule has 0 spiro atoms. The van der Waals surface area contributed by atoms with Crippen molar-refractivity contribution in [1.82, 2.24) is 9.88 Å². The minimum absolute atomic E-state index is 0. The minimum Gasteiger partial charge on any atom is -1.00 e. The molecule has 0 radical (unpaired) electrons. The maximum atomic E-state index is 12.4. The van der Waals surface area contributed by atoms with Gasteiger partial charge in [-0.15, -0.1) is 0 Å². The first-order chi connectivity index (χ1) is 12.7. The first-order valence-corrected chi connectivity index (χ1v) is 9.76. The summed E-state index contributed by atoms with van der Waals surface area (Å²) in [5, 5.41) is 11.8. The van der Waals surface area contributed by atoms with Crippen LogP contribution in [0.4, 0.5) is 0 Å². The third kappa shape index (κ3) is 2.87. The number of nitrogens with one attached hydrogen (secondary N) is 1. The predicted molar refractivity (Wildman–Crippen MR) is 98.7 cm³/mol. The zero-order valence-electron chi connectivity index (χ0n) is 15.5. The van der Waals surface area contributed by atoms with Crippen LogP contribution in [0.1, 0.15) is 36.6 Å². The summed E-state index contributed by atoms with van der Waals surface area (Å²) < 4.78 is 5.04. The maximum Gasteiger partial charge on any atom is 0.311 e. The zero-order chi connectivity index (χ0) is 17.8. The number of aliphatic hydroxyl groups excluding tert-OH is 1. The van der Waals surface area contributed by atoms with Gasteiger partial charge in [-0.1, -0.05) is 18.2 Å². The van der Waals surface area contributed by atoms with Crippen LogP contribution in [0, 0.1) is 17.8 Å². The van der Waals surface area contributed by atoms with Crippen LogP contribution in [-0.4, -0.2) is 47.3 Å². The molecule has 1 saturated carbocycles. The van der Waals surface area contributed by atoms with Crippen molar-refractivity contribution in [3.8, 4) is 0 Å². The van der Waals surface area contributed by atoms with E-state index < -0.39 is 6.10 Å². The number of carbonyl (C=O) groups excluding carboxylic acids is 1. The number of nitrogens with zero attached hydrogens (tertiary/aromatic N) is 1. The van der Waals surface area contributed by atoms with Crippen molar-refractivity contribution in [1.29, 1.82) is 0 Å². The highest BCUT2D eigenvalue weighted by atomic mass is 35.5. The number of carbonyl (C=O) groups is 1. The van der Waals surface area contributed by atoms with E-state index >= 15 is 0 Å². The van der Waals surface area contributed by atoms with Crippen LogP contribution in [0.2, 0.25) is 0 Å². The van der Waals surface area contributed by atoms with Crippen LogP contribution in [0.15, 0.2) is 24.3 Å². The molecule has 3 aliphatic rings. The Hall–Kier alpha value is -1.56. The van der Waals surface area contributed by atoms with Crippen molar-refractivity contribution in [2.24, 2.45) is 17.8 Å². The topological polar surface area (TPSA) is 65.6 Å². The molecular weight excluding hydrogens is 364 g/mol. The average Bonchev–Trinajstić information content (AvgIpc) is 3.05. The van der Waals surface area contributed by atoms with Gasteiger partial charge in [-0.2, -0.15) is 0 Å². The van der Waals surface area contributed by atoms with E-state index in [2.05, 4.69) is 34.1 Å². The lowest BCUT2D eigenvalue weighted by molar-refractivity contribution is -0.160. The molecule has 5 rings (SSSR count). The number of hydrogen-bond donors (Lipinski definition) is 2. The smallest absolute Gasteiger partial charge is 0.311 e. The molecule has 0 amide bonds. The summed E-state index contributed by atoms with van der Waals surface area (Å²) in [6.45, 7) is 2.10. The number of halogens is 1. The Morgan fingerprint density at radius 1 is 1.30 bits per heavy atom. The minimum atomic E-state index is -0.568. The molecule has 6 heteroatoms. The van der Waals surface area contributed by atoms with Crippen LogP contribution in [0.5, 0.6) is 0 Å². The van der Waals surface area contributed by atoms with Gasteiger partial charge in [-0.25, -0.2) is 0 Å². The third-order valence-corrected chi connectivity index (χ3v) is 7.02. The number of hydrogen-bond acceptors (Lipinski definition) is 4. The fraction of sp³-hybridized carbons (Fsp3) is 0.571. The number of para-hydroxylation sites is 1. The van der Waals surface area contributed by atoms with Crippen LogP contribution in [-0.2, 0) is 16.0 Å². The van der Waals surface area contributed by atoms with Crippen molar-refractivity contribution in [3.63, 3.8) is 0 Å². The lowest BCUT2D eigenvalue weighted by atomic mass is 9.65. The number of methoxy groups -OCH3 is 1. The summed E-state index contributed by atoms with van der Waals surface area (Å²) in [5.41, 5.74) is 3.96. The molecule has 1 aliphatic carbocycles. The number of rotatable bonds is 1. The van der Waals surface area contributed by atoms with Gasteiger partial charge in [-0.3, -0.25) is 9.69 Å². The van der Waals surface area contributed by atoms with E-state index in [1.807, 2.05) is 0 Å². The second-order valence-electron chi connectivity index (χ2n) is 8.18. The van der Waals surface area contributed by atoms with Gasteiger partial charge < -0.3 is 27.2 Å². The first kappa shape index (κ1) is 18.8. The zero-order valence-corrected chi connectivity index (χ0v) is 16.3. The molecule has 2 aliphatic heterocycles. The number of fused-ring (bicyclic) bond motifs is 6. The number of aliphatic hydroxyl groups is 1. The highest BCUT2D eigenvalue weighted by Crippen LogP contribution is 2.49. The van der Waals surface area contributed by atoms with Gasteiger partial charge in [0.05, 0.1) is 25.2 Å². The fourth-order valence-electron chi connectivity index (χ4n) is 5.80. The van der Waals surface area contributed by atoms with E-state index in [0.717, 1.165) is 32.4 Å². The molecule has 1 unspecified atom stereocenters. The summed E-state index contributed by atoms with van der Waals surface area (Å²) in [6, 6.07) is 8.83. The molecule has 1 saturated heterocycles.